The zero-order valence-corrected chi connectivity index (χ0v) is 12.8. The lowest BCUT2D eigenvalue weighted by atomic mass is 10.1. The molecule has 6 heteroatoms. The lowest BCUT2D eigenvalue weighted by Crippen LogP contribution is -2.22. The Morgan fingerprint density at radius 2 is 2.16 bits per heavy atom. The summed E-state index contributed by atoms with van der Waals surface area (Å²) >= 11 is 3.25. The molecule has 0 radical (unpaired) electrons. The second-order valence-electron chi connectivity index (χ2n) is 4.26. The normalized spacial score (nSPS) is 14.1. The third kappa shape index (κ3) is 3.68. The van der Waals surface area contributed by atoms with Crippen molar-refractivity contribution in [1.29, 1.82) is 0 Å². The number of nitrogens with two attached hydrogens (primary N) is 1. The zero-order chi connectivity index (χ0) is 13.8. The fourth-order valence-electron chi connectivity index (χ4n) is 1.73. The van der Waals surface area contributed by atoms with Gasteiger partial charge in [0.05, 0.1) is 12.4 Å². The molecule has 19 heavy (non-hydrogen) atoms. The molecular weight excluding hydrogens is 278 g/mol. The Kier molecular flexibility index (Phi) is 4.79. The van der Waals surface area contributed by atoms with E-state index in [1.54, 1.807) is 30.2 Å². The van der Waals surface area contributed by atoms with Crippen LogP contribution >= 0.6 is 23.1 Å². The molecule has 2 aromatic rings. The van der Waals surface area contributed by atoms with Gasteiger partial charge in [0.1, 0.15) is 10.8 Å². The molecule has 2 unspecified atom stereocenters. The van der Waals surface area contributed by atoms with Gasteiger partial charge < -0.3 is 10.5 Å². The van der Waals surface area contributed by atoms with Gasteiger partial charge in [-0.15, -0.1) is 10.2 Å². The average Bonchev–Trinajstić information content (AvgIpc) is 2.81. The first kappa shape index (κ1) is 14.3. The van der Waals surface area contributed by atoms with Crippen LogP contribution in [-0.2, 0) is 0 Å². The van der Waals surface area contributed by atoms with Crippen molar-refractivity contribution < 1.29 is 4.74 Å². The number of hydrogen-bond donors (Lipinski definition) is 1. The van der Waals surface area contributed by atoms with Crippen LogP contribution in [0.5, 0.6) is 5.75 Å². The van der Waals surface area contributed by atoms with Gasteiger partial charge in [-0.25, -0.2) is 0 Å². The number of aryl methyl sites for hydroxylation is 1. The molecule has 2 atom stereocenters. The molecule has 0 aliphatic heterocycles. The van der Waals surface area contributed by atoms with Crippen LogP contribution in [0.15, 0.2) is 28.6 Å². The van der Waals surface area contributed by atoms with Gasteiger partial charge in [0.15, 0.2) is 4.34 Å². The summed E-state index contributed by atoms with van der Waals surface area (Å²) in [6.07, 6.45) is 0. The van der Waals surface area contributed by atoms with Crippen molar-refractivity contribution in [1.82, 2.24) is 10.2 Å². The van der Waals surface area contributed by atoms with E-state index in [-0.39, 0.29) is 11.3 Å². The van der Waals surface area contributed by atoms with E-state index in [0.717, 1.165) is 20.7 Å². The van der Waals surface area contributed by atoms with Crippen LogP contribution < -0.4 is 10.5 Å². The summed E-state index contributed by atoms with van der Waals surface area (Å²) < 4.78 is 6.21. The van der Waals surface area contributed by atoms with Crippen molar-refractivity contribution in [2.24, 2.45) is 5.73 Å². The molecule has 0 amide bonds. The topological polar surface area (TPSA) is 61.0 Å². The maximum Gasteiger partial charge on any atom is 0.174 e. The summed E-state index contributed by atoms with van der Waals surface area (Å²) in [4.78, 5) is 0. The first-order valence-corrected chi connectivity index (χ1v) is 7.66. The summed E-state index contributed by atoms with van der Waals surface area (Å²) in [6, 6.07) is 8.02. The first-order valence-electron chi connectivity index (χ1n) is 5.96. The van der Waals surface area contributed by atoms with E-state index in [1.807, 2.05) is 32.0 Å². The Morgan fingerprint density at radius 1 is 1.37 bits per heavy atom. The SMILES string of the molecule is COc1cccc(C(Sc2nnc(C)s2)C(C)N)c1. The van der Waals surface area contributed by atoms with E-state index in [2.05, 4.69) is 16.3 Å². The standard InChI is InChI=1S/C13H17N3OS2/c1-8(14)12(19-13-16-15-9(2)18-13)10-5-4-6-11(7-10)17-3/h4-8,12H,14H2,1-3H3. The summed E-state index contributed by atoms with van der Waals surface area (Å²) in [5.74, 6) is 0.845. The summed E-state index contributed by atoms with van der Waals surface area (Å²) in [5.41, 5.74) is 7.26. The molecule has 1 heterocycles. The Balaban J connectivity index is 2.24. The van der Waals surface area contributed by atoms with Crippen molar-refractivity contribution in [3.05, 3.63) is 34.8 Å². The highest BCUT2D eigenvalue weighted by Gasteiger charge is 2.20. The van der Waals surface area contributed by atoms with Crippen molar-refractivity contribution in [3.63, 3.8) is 0 Å². The molecule has 0 aliphatic carbocycles. The number of aromatic nitrogens is 2. The number of benzene rings is 1. The highest BCUT2D eigenvalue weighted by molar-refractivity contribution is 8.01. The predicted octanol–water partition coefficient (Wildman–Crippen LogP) is 3.04. The maximum atomic E-state index is 6.11. The van der Waals surface area contributed by atoms with Crippen LogP contribution in [-0.4, -0.2) is 23.3 Å². The monoisotopic (exact) mass is 295 g/mol. The van der Waals surface area contributed by atoms with Gasteiger partial charge in [0, 0.05) is 6.04 Å². The molecule has 4 nitrogen and oxygen atoms in total. The van der Waals surface area contributed by atoms with Crippen molar-refractivity contribution in [3.8, 4) is 5.75 Å². The van der Waals surface area contributed by atoms with Gasteiger partial charge in [-0.05, 0) is 31.5 Å². The van der Waals surface area contributed by atoms with E-state index < -0.39 is 0 Å². The summed E-state index contributed by atoms with van der Waals surface area (Å²) in [5, 5.41) is 9.30. The van der Waals surface area contributed by atoms with Gasteiger partial charge in [-0.3, -0.25) is 0 Å². The van der Waals surface area contributed by atoms with E-state index in [4.69, 9.17) is 10.5 Å². The molecule has 0 bridgehead atoms. The minimum absolute atomic E-state index is 0.0151. The van der Waals surface area contributed by atoms with Gasteiger partial charge >= 0.3 is 0 Å². The smallest absolute Gasteiger partial charge is 0.174 e. The Bertz CT molecular complexity index is 542. The average molecular weight is 295 g/mol. The molecule has 1 aromatic heterocycles. The van der Waals surface area contributed by atoms with Crippen LogP contribution in [0, 0.1) is 6.92 Å². The van der Waals surface area contributed by atoms with Crippen LogP contribution in [0.3, 0.4) is 0 Å². The van der Waals surface area contributed by atoms with E-state index >= 15 is 0 Å². The molecule has 0 saturated heterocycles. The van der Waals surface area contributed by atoms with Crippen molar-refractivity contribution in [2.75, 3.05) is 7.11 Å². The van der Waals surface area contributed by atoms with Crippen LogP contribution in [0.2, 0.25) is 0 Å². The third-order valence-electron chi connectivity index (χ3n) is 2.64. The first-order chi connectivity index (χ1) is 9.10. The van der Waals surface area contributed by atoms with Gasteiger partial charge in [-0.2, -0.15) is 0 Å². The highest BCUT2D eigenvalue weighted by atomic mass is 32.2. The molecule has 0 aliphatic rings. The Morgan fingerprint density at radius 3 is 2.74 bits per heavy atom. The molecule has 1 aromatic carbocycles. The van der Waals surface area contributed by atoms with Crippen LogP contribution in [0.4, 0.5) is 0 Å². The third-order valence-corrected chi connectivity index (χ3v) is 5.05. The van der Waals surface area contributed by atoms with E-state index in [0.29, 0.717) is 0 Å². The Hall–Kier alpha value is -1.11. The van der Waals surface area contributed by atoms with Crippen molar-refractivity contribution in [2.45, 2.75) is 29.5 Å². The number of nitrogens with zero attached hydrogens (tertiary/aromatic N) is 2. The largest absolute Gasteiger partial charge is 0.497 e. The fourth-order valence-corrected chi connectivity index (χ4v) is 3.82. The van der Waals surface area contributed by atoms with E-state index in [9.17, 15) is 0 Å². The van der Waals surface area contributed by atoms with Gasteiger partial charge in [0.25, 0.3) is 0 Å². The molecule has 102 valence electrons. The van der Waals surface area contributed by atoms with Gasteiger partial charge in [-0.1, -0.05) is 35.2 Å². The van der Waals surface area contributed by atoms with Crippen LogP contribution in [0.1, 0.15) is 22.7 Å². The summed E-state index contributed by atoms with van der Waals surface area (Å²) in [7, 11) is 1.67. The maximum absolute atomic E-state index is 6.11. The molecule has 0 saturated carbocycles. The number of rotatable bonds is 5. The van der Waals surface area contributed by atoms with E-state index in [1.165, 1.54) is 0 Å². The lowest BCUT2D eigenvalue weighted by Gasteiger charge is -2.19. The fraction of sp³-hybridized carbons (Fsp3) is 0.385. The molecule has 2 rings (SSSR count). The lowest BCUT2D eigenvalue weighted by molar-refractivity contribution is 0.414. The van der Waals surface area contributed by atoms with Crippen LogP contribution in [0.25, 0.3) is 0 Å². The number of ether oxygens (including phenoxy) is 1. The number of methoxy groups -OCH3 is 1. The zero-order valence-electron chi connectivity index (χ0n) is 11.2. The summed E-state index contributed by atoms with van der Waals surface area (Å²) in [6.45, 7) is 3.96. The predicted molar refractivity (Wildman–Crippen MR) is 79.9 cm³/mol. The number of hydrogen-bond acceptors (Lipinski definition) is 6. The second-order valence-corrected chi connectivity index (χ2v) is 6.83. The Labute approximate surface area is 121 Å². The molecule has 0 spiro atoms. The minimum atomic E-state index is 0.0151. The van der Waals surface area contributed by atoms with Crippen molar-refractivity contribution >= 4 is 23.1 Å². The molecule has 2 N–H and O–H groups in total. The molecular formula is C13H17N3OS2. The quantitative estimate of drug-likeness (QED) is 0.859. The second kappa shape index (κ2) is 6.36. The van der Waals surface area contributed by atoms with Gasteiger partial charge in [0.2, 0.25) is 0 Å². The highest BCUT2D eigenvalue weighted by Crippen LogP contribution is 2.39. The minimum Gasteiger partial charge on any atom is -0.497 e. The number of thioether (sulfide) groups is 1. The molecule has 0 fully saturated rings.